The van der Waals surface area contributed by atoms with Crippen molar-refractivity contribution in [2.24, 2.45) is 4.99 Å². The van der Waals surface area contributed by atoms with E-state index in [0.717, 1.165) is 29.9 Å². The maximum Gasteiger partial charge on any atom is 0.338 e. The first-order chi connectivity index (χ1) is 18.3. The summed E-state index contributed by atoms with van der Waals surface area (Å²) < 4.78 is 7.63. The largest absolute Gasteiger partial charge is 0.463 e. The third-order valence-corrected chi connectivity index (χ3v) is 8.19. The van der Waals surface area contributed by atoms with Crippen LogP contribution in [0.5, 0.6) is 0 Å². The molecule has 5 rings (SSSR count). The van der Waals surface area contributed by atoms with Crippen LogP contribution in [-0.4, -0.2) is 44.3 Å². The van der Waals surface area contributed by atoms with Crippen LogP contribution in [0, 0.1) is 6.92 Å². The van der Waals surface area contributed by atoms with Crippen molar-refractivity contribution in [2.75, 3.05) is 43.6 Å². The number of benzene rings is 2. The predicted molar refractivity (Wildman–Crippen MR) is 154 cm³/mol. The minimum absolute atomic E-state index is 0.161. The zero-order valence-corrected chi connectivity index (χ0v) is 23.5. The molecule has 0 aliphatic carbocycles. The molecule has 3 heterocycles. The summed E-state index contributed by atoms with van der Waals surface area (Å²) in [6.45, 7) is 8.15. The lowest BCUT2D eigenvalue weighted by Crippen LogP contribution is -2.39. The number of rotatable bonds is 6. The number of fused-ring (bicyclic) bond motifs is 1. The molecule has 1 atom stereocenters. The number of hydrogen-bond donors (Lipinski definition) is 0. The van der Waals surface area contributed by atoms with E-state index in [1.807, 2.05) is 56.3 Å². The SMILES string of the molecule is CCOC(=O)C1=C(C)N=c2s/c(=C/c3ccc(N4CCCC4)c(C)c3)c(=O)n2[C@@H]1c1ccc(N(C)C)cc1. The summed E-state index contributed by atoms with van der Waals surface area (Å²) in [7, 11) is 3.96. The van der Waals surface area contributed by atoms with Gasteiger partial charge in [0.25, 0.3) is 5.56 Å². The Hall–Kier alpha value is -3.65. The monoisotopic (exact) mass is 530 g/mol. The number of ether oxygens (including phenoxy) is 1. The van der Waals surface area contributed by atoms with Crippen molar-refractivity contribution in [1.29, 1.82) is 0 Å². The maximum absolute atomic E-state index is 13.9. The third kappa shape index (κ3) is 4.80. The van der Waals surface area contributed by atoms with Gasteiger partial charge in [-0.25, -0.2) is 9.79 Å². The van der Waals surface area contributed by atoms with Crippen LogP contribution in [0.4, 0.5) is 11.4 Å². The molecule has 1 fully saturated rings. The summed E-state index contributed by atoms with van der Waals surface area (Å²) in [5, 5.41) is 0. The summed E-state index contributed by atoms with van der Waals surface area (Å²) >= 11 is 1.35. The van der Waals surface area contributed by atoms with E-state index in [9.17, 15) is 9.59 Å². The Morgan fingerprint density at radius 3 is 2.47 bits per heavy atom. The normalized spacial score (nSPS) is 17.4. The number of carbonyl (C=O) groups is 1. The Kier molecular flexibility index (Phi) is 7.25. The molecule has 198 valence electrons. The first kappa shape index (κ1) is 26.0. The van der Waals surface area contributed by atoms with Crippen molar-refractivity contribution in [3.05, 3.63) is 90.1 Å². The molecule has 0 radical (unpaired) electrons. The number of hydrogen-bond acceptors (Lipinski definition) is 7. The summed E-state index contributed by atoms with van der Waals surface area (Å²) in [6, 6.07) is 13.7. The smallest absolute Gasteiger partial charge is 0.338 e. The van der Waals surface area contributed by atoms with Gasteiger partial charge < -0.3 is 14.5 Å². The van der Waals surface area contributed by atoms with Crippen LogP contribution in [0.15, 0.2) is 63.5 Å². The van der Waals surface area contributed by atoms with Crippen LogP contribution in [-0.2, 0) is 9.53 Å². The lowest BCUT2D eigenvalue weighted by molar-refractivity contribution is -0.139. The van der Waals surface area contributed by atoms with Gasteiger partial charge in [-0.2, -0.15) is 0 Å². The number of thiazole rings is 1. The molecule has 0 unspecified atom stereocenters. The van der Waals surface area contributed by atoms with E-state index in [2.05, 4.69) is 35.0 Å². The first-order valence-corrected chi connectivity index (χ1v) is 13.9. The zero-order valence-electron chi connectivity index (χ0n) is 22.7. The predicted octanol–water partition coefficient (Wildman–Crippen LogP) is 3.77. The number of esters is 1. The molecule has 0 amide bonds. The van der Waals surface area contributed by atoms with E-state index in [-0.39, 0.29) is 12.2 Å². The van der Waals surface area contributed by atoms with Gasteiger partial charge in [0.05, 0.1) is 28.5 Å². The Bertz CT molecular complexity index is 1570. The van der Waals surface area contributed by atoms with E-state index < -0.39 is 12.0 Å². The molecule has 3 aromatic rings. The highest BCUT2D eigenvalue weighted by Crippen LogP contribution is 2.32. The second kappa shape index (κ2) is 10.6. The van der Waals surface area contributed by atoms with Crippen molar-refractivity contribution in [1.82, 2.24) is 4.57 Å². The van der Waals surface area contributed by atoms with Gasteiger partial charge in [-0.05, 0) is 80.6 Å². The number of carbonyl (C=O) groups excluding carboxylic acids is 1. The fourth-order valence-electron chi connectivity index (χ4n) is 5.29. The molecule has 2 aliphatic heterocycles. The average Bonchev–Trinajstić information content (AvgIpc) is 3.52. The van der Waals surface area contributed by atoms with Crippen molar-refractivity contribution < 1.29 is 9.53 Å². The van der Waals surface area contributed by atoms with Crippen molar-refractivity contribution >= 4 is 34.8 Å². The summed E-state index contributed by atoms with van der Waals surface area (Å²) in [6.07, 6.45) is 4.39. The van der Waals surface area contributed by atoms with Crippen LogP contribution in [0.2, 0.25) is 0 Å². The Morgan fingerprint density at radius 2 is 1.84 bits per heavy atom. The highest BCUT2D eigenvalue weighted by atomic mass is 32.1. The van der Waals surface area contributed by atoms with Gasteiger partial charge in [-0.15, -0.1) is 0 Å². The topological polar surface area (TPSA) is 67.1 Å². The maximum atomic E-state index is 13.9. The van der Waals surface area contributed by atoms with Crippen LogP contribution in [0.1, 0.15) is 49.4 Å². The van der Waals surface area contributed by atoms with Crippen LogP contribution < -0.4 is 24.7 Å². The molecule has 0 N–H and O–H groups in total. The minimum atomic E-state index is -0.608. The van der Waals surface area contributed by atoms with E-state index in [1.165, 1.54) is 35.4 Å². The van der Waals surface area contributed by atoms with Crippen molar-refractivity contribution in [3.8, 4) is 0 Å². The van der Waals surface area contributed by atoms with Crippen LogP contribution >= 0.6 is 11.3 Å². The first-order valence-electron chi connectivity index (χ1n) is 13.1. The Morgan fingerprint density at radius 1 is 1.13 bits per heavy atom. The van der Waals surface area contributed by atoms with Crippen LogP contribution in [0.3, 0.4) is 0 Å². The van der Waals surface area contributed by atoms with Gasteiger partial charge in [0.15, 0.2) is 4.80 Å². The van der Waals surface area contributed by atoms with Crippen molar-refractivity contribution in [2.45, 2.75) is 39.7 Å². The number of aromatic nitrogens is 1. The average molecular weight is 531 g/mol. The van der Waals surface area contributed by atoms with E-state index in [1.54, 1.807) is 11.5 Å². The van der Waals surface area contributed by atoms with Gasteiger partial charge in [-0.1, -0.05) is 29.5 Å². The lowest BCUT2D eigenvalue weighted by Gasteiger charge is -2.25. The second-order valence-electron chi connectivity index (χ2n) is 10.0. The van der Waals surface area contributed by atoms with E-state index >= 15 is 0 Å². The summed E-state index contributed by atoms with van der Waals surface area (Å²) in [5.74, 6) is -0.446. The molecular formula is C30H34N4O3S. The van der Waals surface area contributed by atoms with Gasteiger partial charge >= 0.3 is 5.97 Å². The molecule has 7 nitrogen and oxygen atoms in total. The Labute approximate surface area is 227 Å². The summed E-state index contributed by atoms with van der Waals surface area (Å²) in [4.78, 5) is 36.7. The molecular weight excluding hydrogens is 496 g/mol. The molecule has 0 bridgehead atoms. The molecule has 0 saturated carbocycles. The number of anilines is 2. The van der Waals surface area contributed by atoms with Crippen molar-refractivity contribution in [3.63, 3.8) is 0 Å². The van der Waals surface area contributed by atoms with Gasteiger partial charge in [0.1, 0.15) is 0 Å². The fourth-order valence-corrected chi connectivity index (χ4v) is 6.34. The van der Waals surface area contributed by atoms with Crippen LogP contribution in [0.25, 0.3) is 6.08 Å². The van der Waals surface area contributed by atoms with E-state index in [4.69, 9.17) is 4.74 Å². The highest BCUT2D eigenvalue weighted by Gasteiger charge is 2.33. The third-order valence-electron chi connectivity index (χ3n) is 7.21. The molecule has 1 aromatic heterocycles. The highest BCUT2D eigenvalue weighted by molar-refractivity contribution is 7.07. The van der Waals surface area contributed by atoms with E-state index in [0.29, 0.717) is 20.6 Å². The molecule has 2 aromatic carbocycles. The molecule has 1 saturated heterocycles. The molecule has 38 heavy (non-hydrogen) atoms. The quantitative estimate of drug-likeness (QED) is 0.454. The second-order valence-corrected chi connectivity index (χ2v) is 11.0. The standard InChI is InChI=1S/C30H34N4O3S/c1-6-37-29(36)26-20(3)31-30-34(27(26)22-10-12-23(13-11-22)32(4)5)28(35)25(38-30)18-21-9-14-24(19(2)17-21)33-15-7-8-16-33/h9-14,17-18,27H,6-8,15-16H2,1-5H3/b25-18+/t27-/m1/s1. The van der Waals surface area contributed by atoms with Gasteiger partial charge in [0, 0.05) is 38.6 Å². The number of nitrogens with zero attached hydrogens (tertiary/aromatic N) is 4. The van der Waals surface area contributed by atoms with Gasteiger partial charge in [-0.3, -0.25) is 9.36 Å². The fraction of sp³-hybridized carbons (Fsp3) is 0.367. The molecule has 8 heteroatoms. The summed E-state index contributed by atoms with van der Waals surface area (Å²) in [5.41, 5.74) is 6.12. The number of aryl methyl sites for hydroxylation is 1. The molecule has 2 aliphatic rings. The Balaban J connectivity index is 1.62. The van der Waals surface area contributed by atoms with Gasteiger partial charge in [0.2, 0.25) is 0 Å². The number of allylic oxidation sites excluding steroid dienone is 1. The molecule has 0 spiro atoms. The zero-order chi connectivity index (χ0) is 27.0. The minimum Gasteiger partial charge on any atom is -0.463 e. The lowest BCUT2D eigenvalue weighted by atomic mass is 9.95.